The van der Waals surface area contributed by atoms with Crippen LogP contribution in [0.25, 0.3) is 21.3 Å². The number of quaternary nitrogens is 1. The number of hydrogen-bond acceptors (Lipinski definition) is 3. The van der Waals surface area contributed by atoms with E-state index in [-0.39, 0.29) is 0 Å². The van der Waals surface area contributed by atoms with Crippen molar-refractivity contribution in [3.05, 3.63) is 46.7 Å². The molecule has 3 aromatic rings. The van der Waals surface area contributed by atoms with Crippen LogP contribution in [0.1, 0.15) is 25.6 Å². The van der Waals surface area contributed by atoms with Gasteiger partial charge in [-0.3, -0.25) is 0 Å². The number of piperidine rings is 1. The first-order valence-corrected chi connectivity index (χ1v) is 9.79. The third kappa shape index (κ3) is 3.18. The lowest BCUT2D eigenvalue weighted by atomic mass is 9.99. The minimum Gasteiger partial charge on any atom is -0.329 e. The van der Waals surface area contributed by atoms with Crippen LogP contribution in [0.4, 0.5) is 0 Å². The first-order chi connectivity index (χ1) is 11.7. The summed E-state index contributed by atoms with van der Waals surface area (Å²) in [6.07, 6.45) is 2.59. The van der Waals surface area contributed by atoms with Gasteiger partial charge >= 0.3 is 0 Å². The molecule has 1 aromatic carbocycles. The van der Waals surface area contributed by atoms with Crippen molar-refractivity contribution >= 4 is 33.2 Å². The molecule has 3 heterocycles. The zero-order valence-electron chi connectivity index (χ0n) is 13.8. The number of hydrogen-bond donors (Lipinski definition) is 1. The van der Waals surface area contributed by atoms with E-state index in [1.807, 2.05) is 18.2 Å². The first-order valence-electron chi connectivity index (χ1n) is 8.53. The summed E-state index contributed by atoms with van der Waals surface area (Å²) in [4.78, 5) is 12.0. The van der Waals surface area contributed by atoms with Crippen LogP contribution in [0, 0.1) is 5.92 Å². The number of nitrogens with zero attached hydrogens (tertiary/aromatic N) is 2. The van der Waals surface area contributed by atoms with Crippen LogP contribution in [-0.4, -0.2) is 23.1 Å². The molecule has 0 saturated carbocycles. The second kappa shape index (κ2) is 6.79. The lowest BCUT2D eigenvalue weighted by Crippen LogP contribution is -3.11. The molecule has 1 fully saturated rings. The Kier molecular flexibility index (Phi) is 4.53. The SMILES string of the molecule is CC1CC[NH+](Cc2nc(Cl)c3c(-c4ccccc4)csc3n2)CC1. The molecule has 1 saturated heterocycles. The average Bonchev–Trinajstić information content (AvgIpc) is 3.02. The van der Waals surface area contributed by atoms with Gasteiger partial charge in [0.1, 0.15) is 16.5 Å². The van der Waals surface area contributed by atoms with E-state index in [0.29, 0.717) is 5.15 Å². The van der Waals surface area contributed by atoms with Gasteiger partial charge < -0.3 is 4.90 Å². The van der Waals surface area contributed by atoms with E-state index in [1.165, 1.54) is 25.9 Å². The number of rotatable bonds is 3. The highest BCUT2D eigenvalue weighted by Crippen LogP contribution is 2.36. The van der Waals surface area contributed by atoms with Crippen LogP contribution in [0.15, 0.2) is 35.7 Å². The van der Waals surface area contributed by atoms with E-state index in [0.717, 1.165) is 39.6 Å². The summed E-state index contributed by atoms with van der Waals surface area (Å²) in [7, 11) is 0. The molecule has 0 radical (unpaired) electrons. The Hall–Kier alpha value is -1.49. The second-order valence-corrected chi connectivity index (χ2v) is 7.95. The molecule has 0 bridgehead atoms. The summed E-state index contributed by atoms with van der Waals surface area (Å²) < 4.78 is 0. The van der Waals surface area contributed by atoms with E-state index in [2.05, 4.69) is 29.4 Å². The van der Waals surface area contributed by atoms with Crippen molar-refractivity contribution in [3.8, 4) is 11.1 Å². The standard InChI is InChI=1S/C19H20ClN3S/c1-13-7-9-23(10-8-13)11-16-21-18(20)17-15(12-24-19(17)22-16)14-5-3-2-4-6-14/h2-6,12-13H,7-11H2,1H3/p+1. The third-order valence-corrected chi connectivity index (χ3v) is 6.06. The van der Waals surface area contributed by atoms with Crippen molar-refractivity contribution in [1.82, 2.24) is 9.97 Å². The van der Waals surface area contributed by atoms with E-state index in [1.54, 1.807) is 16.2 Å². The number of halogens is 1. The first kappa shape index (κ1) is 16.0. The Bertz CT molecular complexity index is 838. The fraction of sp³-hybridized carbons (Fsp3) is 0.368. The molecular weight excluding hydrogens is 338 g/mol. The Morgan fingerprint density at radius 3 is 2.67 bits per heavy atom. The van der Waals surface area contributed by atoms with Crippen molar-refractivity contribution in [1.29, 1.82) is 0 Å². The number of thiophene rings is 1. The quantitative estimate of drug-likeness (QED) is 0.721. The van der Waals surface area contributed by atoms with Crippen molar-refractivity contribution in [2.45, 2.75) is 26.3 Å². The molecule has 0 atom stereocenters. The van der Waals surface area contributed by atoms with Crippen molar-refractivity contribution < 1.29 is 4.90 Å². The Labute approximate surface area is 151 Å². The van der Waals surface area contributed by atoms with Crippen LogP contribution in [0.2, 0.25) is 5.15 Å². The summed E-state index contributed by atoms with van der Waals surface area (Å²) in [5, 5.41) is 3.71. The maximum atomic E-state index is 6.55. The van der Waals surface area contributed by atoms with Crippen LogP contribution in [0.5, 0.6) is 0 Å². The van der Waals surface area contributed by atoms with Crippen LogP contribution >= 0.6 is 22.9 Å². The average molecular weight is 359 g/mol. The highest BCUT2D eigenvalue weighted by atomic mass is 35.5. The molecule has 0 spiro atoms. The van der Waals surface area contributed by atoms with Crippen LogP contribution in [-0.2, 0) is 6.54 Å². The molecule has 124 valence electrons. The van der Waals surface area contributed by atoms with Crippen LogP contribution < -0.4 is 4.90 Å². The fourth-order valence-electron chi connectivity index (χ4n) is 3.42. The number of benzene rings is 1. The Balaban J connectivity index is 1.64. The van der Waals surface area contributed by atoms with Gasteiger partial charge in [-0.25, -0.2) is 9.97 Å². The molecule has 0 unspecified atom stereocenters. The monoisotopic (exact) mass is 358 g/mol. The molecule has 5 heteroatoms. The van der Waals surface area contributed by atoms with Gasteiger partial charge in [0, 0.05) is 10.9 Å². The topological polar surface area (TPSA) is 30.2 Å². The minimum absolute atomic E-state index is 0.583. The van der Waals surface area contributed by atoms with Gasteiger partial charge in [0.25, 0.3) is 0 Å². The summed E-state index contributed by atoms with van der Waals surface area (Å²) in [6.45, 7) is 5.63. The van der Waals surface area contributed by atoms with Gasteiger partial charge in [0.15, 0.2) is 5.82 Å². The Morgan fingerprint density at radius 1 is 1.17 bits per heavy atom. The van der Waals surface area contributed by atoms with Gasteiger partial charge in [-0.05, 0) is 24.3 Å². The van der Waals surface area contributed by atoms with Crippen molar-refractivity contribution in [2.24, 2.45) is 5.92 Å². The number of nitrogens with one attached hydrogen (secondary N) is 1. The van der Waals surface area contributed by atoms with Gasteiger partial charge in [-0.2, -0.15) is 0 Å². The fourth-order valence-corrected chi connectivity index (χ4v) is 4.73. The molecule has 0 aliphatic carbocycles. The molecular formula is C19H21ClN3S+. The summed E-state index contributed by atoms with van der Waals surface area (Å²) in [6, 6.07) is 10.3. The predicted octanol–water partition coefficient (Wildman–Crippen LogP) is 3.83. The largest absolute Gasteiger partial charge is 0.329 e. The van der Waals surface area contributed by atoms with Crippen molar-refractivity contribution in [3.63, 3.8) is 0 Å². The Morgan fingerprint density at radius 2 is 1.92 bits per heavy atom. The highest BCUT2D eigenvalue weighted by Gasteiger charge is 2.21. The van der Waals surface area contributed by atoms with Crippen molar-refractivity contribution in [2.75, 3.05) is 13.1 Å². The summed E-state index contributed by atoms with van der Waals surface area (Å²) >= 11 is 8.20. The molecule has 1 aliphatic heterocycles. The predicted molar refractivity (Wildman–Crippen MR) is 101 cm³/mol. The highest BCUT2D eigenvalue weighted by molar-refractivity contribution is 7.17. The van der Waals surface area contributed by atoms with E-state index in [9.17, 15) is 0 Å². The molecule has 24 heavy (non-hydrogen) atoms. The molecule has 0 amide bonds. The van der Waals surface area contributed by atoms with E-state index >= 15 is 0 Å². The number of aromatic nitrogens is 2. The molecule has 2 aromatic heterocycles. The summed E-state index contributed by atoms with van der Waals surface area (Å²) in [5.41, 5.74) is 2.30. The minimum atomic E-state index is 0.583. The second-order valence-electron chi connectivity index (χ2n) is 6.74. The number of fused-ring (bicyclic) bond motifs is 1. The summed E-state index contributed by atoms with van der Waals surface area (Å²) in [5.74, 6) is 1.73. The lowest BCUT2D eigenvalue weighted by molar-refractivity contribution is -0.920. The van der Waals surface area contributed by atoms with Crippen LogP contribution in [0.3, 0.4) is 0 Å². The lowest BCUT2D eigenvalue weighted by Gasteiger charge is -2.26. The zero-order chi connectivity index (χ0) is 16.5. The normalized spacial score (nSPS) is 21.2. The van der Waals surface area contributed by atoms with E-state index < -0.39 is 0 Å². The molecule has 4 rings (SSSR count). The molecule has 1 N–H and O–H groups in total. The molecule has 1 aliphatic rings. The zero-order valence-corrected chi connectivity index (χ0v) is 15.3. The number of likely N-dealkylation sites (tertiary alicyclic amines) is 1. The maximum Gasteiger partial charge on any atom is 0.186 e. The van der Waals surface area contributed by atoms with Gasteiger partial charge in [-0.1, -0.05) is 48.9 Å². The van der Waals surface area contributed by atoms with Gasteiger partial charge in [-0.15, -0.1) is 11.3 Å². The smallest absolute Gasteiger partial charge is 0.186 e. The van der Waals surface area contributed by atoms with E-state index in [4.69, 9.17) is 16.6 Å². The molecule has 3 nitrogen and oxygen atoms in total. The van der Waals surface area contributed by atoms with Gasteiger partial charge in [0.05, 0.1) is 18.5 Å². The third-order valence-electron chi connectivity index (χ3n) is 4.91. The maximum absolute atomic E-state index is 6.55. The van der Waals surface area contributed by atoms with Gasteiger partial charge in [0.2, 0.25) is 0 Å².